The Kier molecular flexibility index (Phi) is 6.35. The maximum atomic E-state index is 13.4. The molecule has 4 rings (SSSR count). The zero-order valence-electron chi connectivity index (χ0n) is 16.7. The van der Waals surface area contributed by atoms with Crippen molar-refractivity contribution >= 4 is 23.4 Å². The Labute approximate surface area is 180 Å². The van der Waals surface area contributed by atoms with E-state index in [1.165, 1.54) is 12.1 Å². The van der Waals surface area contributed by atoms with Crippen LogP contribution in [0.5, 0.6) is 0 Å². The van der Waals surface area contributed by atoms with Crippen molar-refractivity contribution in [3.05, 3.63) is 70.5 Å². The van der Waals surface area contributed by atoms with E-state index in [1.54, 1.807) is 24.3 Å². The Bertz CT molecular complexity index is 892. The molecule has 1 unspecified atom stereocenters. The highest BCUT2D eigenvalue weighted by Gasteiger charge is 2.34. The van der Waals surface area contributed by atoms with Gasteiger partial charge in [0.25, 0.3) is 0 Å². The van der Waals surface area contributed by atoms with Crippen molar-refractivity contribution < 1.29 is 14.0 Å². The summed E-state index contributed by atoms with van der Waals surface area (Å²) in [6.07, 6.45) is 2.35. The largest absolute Gasteiger partial charge is 0.352 e. The number of carbonyl (C=O) groups is 2. The smallest absolute Gasteiger partial charge is 0.242 e. The number of benzene rings is 2. The highest BCUT2D eigenvalue weighted by molar-refractivity contribution is 6.30. The third-order valence-electron chi connectivity index (χ3n) is 5.66. The van der Waals surface area contributed by atoms with Gasteiger partial charge in [0.2, 0.25) is 11.8 Å². The number of carbonyl (C=O) groups excluding carboxylic acids is 2. The molecule has 7 heteroatoms. The summed E-state index contributed by atoms with van der Waals surface area (Å²) >= 11 is 5.91. The molecule has 0 radical (unpaired) electrons. The van der Waals surface area contributed by atoms with Crippen molar-refractivity contribution in [2.45, 2.75) is 31.3 Å². The molecular weight excluding hydrogens is 405 g/mol. The molecule has 2 aliphatic rings. The van der Waals surface area contributed by atoms with Crippen LogP contribution in [0.15, 0.2) is 48.5 Å². The third kappa shape index (κ3) is 5.18. The van der Waals surface area contributed by atoms with Crippen LogP contribution in [0, 0.1) is 5.82 Å². The molecule has 0 aromatic heterocycles. The van der Waals surface area contributed by atoms with Gasteiger partial charge in [-0.1, -0.05) is 35.9 Å². The van der Waals surface area contributed by atoms with E-state index < -0.39 is 6.04 Å². The number of hydrogen-bond acceptors (Lipinski definition) is 3. The highest BCUT2D eigenvalue weighted by Crippen LogP contribution is 2.26. The summed E-state index contributed by atoms with van der Waals surface area (Å²) in [6.45, 7) is 2.29. The summed E-state index contributed by atoms with van der Waals surface area (Å²) in [5.41, 5.74) is 1.70. The number of amides is 2. The Morgan fingerprint density at radius 3 is 2.23 bits per heavy atom. The number of piperazine rings is 1. The van der Waals surface area contributed by atoms with Gasteiger partial charge < -0.3 is 10.2 Å². The van der Waals surface area contributed by atoms with Gasteiger partial charge in [-0.15, -0.1) is 0 Å². The molecule has 5 nitrogen and oxygen atoms in total. The van der Waals surface area contributed by atoms with Crippen molar-refractivity contribution in [1.82, 2.24) is 15.1 Å². The predicted molar refractivity (Wildman–Crippen MR) is 114 cm³/mol. The van der Waals surface area contributed by atoms with E-state index in [9.17, 15) is 14.0 Å². The van der Waals surface area contributed by atoms with Gasteiger partial charge in [-0.25, -0.2) is 4.39 Å². The van der Waals surface area contributed by atoms with Gasteiger partial charge in [-0.05, 0) is 48.2 Å². The molecule has 2 aromatic rings. The number of halogens is 2. The minimum Gasteiger partial charge on any atom is -0.352 e. The van der Waals surface area contributed by atoms with Gasteiger partial charge in [0.1, 0.15) is 11.9 Å². The van der Waals surface area contributed by atoms with E-state index in [4.69, 9.17) is 11.6 Å². The molecule has 2 aromatic carbocycles. The Morgan fingerprint density at radius 1 is 1.00 bits per heavy atom. The summed E-state index contributed by atoms with van der Waals surface area (Å²) in [4.78, 5) is 29.5. The summed E-state index contributed by atoms with van der Waals surface area (Å²) in [6, 6.07) is 13.2. The van der Waals surface area contributed by atoms with Crippen LogP contribution >= 0.6 is 11.6 Å². The van der Waals surface area contributed by atoms with E-state index in [-0.39, 0.29) is 23.7 Å². The second-order valence-electron chi connectivity index (χ2n) is 7.96. The van der Waals surface area contributed by atoms with Crippen molar-refractivity contribution in [3.63, 3.8) is 0 Å². The van der Waals surface area contributed by atoms with Crippen LogP contribution in [0.25, 0.3) is 0 Å². The molecule has 1 aliphatic carbocycles. The zero-order valence-corrected chi connectivity index (χ0v) is 17.4. The van der Waals surface area contributed by atoms with Crippen LogP contribution < -0.4 is 5.32 Å². The fourth-order valence-electron chi connectivity index (χ4n) is 3.80. The van der Waals surface area contributed by atoms with Crippen molar-refractivity contribution in [2.24, 2.45) is 0 Å². The lowest BCUT2D eigenvalue weighted by Crippen LogP contribution is -2.52. The first kappa shape index (κ1) is 20.8. The van der Waals surface area contributed by atoms with Crippen molar-refractivity contribution in [3.8, 4) is 0 Å². The molecule has 1 heterocycles. The average Bonchev–Trinajstić information content (AvgIpc) is 3.56. The molecule has 158 valence electrons. The van der Waals surface area contributed by atoms with E-state index >= 15 is 0 Å². The molecule has 2 fully saturated rings. The van der Waals surface area contributed by atoms with E-state index in [2.05, 4.69) is 10.2 Å². The second-order valence-corrected chi connectivity index (χ2v) is 8.39. The van der Waals surface area contributed by atoms with Crippen LogP contribution in [0.3, 0.4) is 0 Å². The lowest BCUT2D eigenvalue weighted by atomic mass is 10.0. The third-order valence-corrected chi connectivity index (χ3v) is 5.91. The fourth-order valence-corrected chi connectivity index (χ4v) is 3.93. The van der Waals surface area contributed by atoms with Crippen LogP contribution in [-0.4, -0.2) is 53.8 Å². The van der Waals surface area contributed by atoms with Crippen molar-refractivity contribution in [2.75, 3.05) is 26.2 Å². The van der Waals surface area contributed by atoms with Crippen molar-refractivity contribution in [1.29, 1.82) is 0 Å². The molecule has 0 spiro atoms. The number of hydrogen-bond donors (Lipinski definition) is 1. The molecule has 1 aliphatic heterocycles. The SMILES string of the molecule is O=C(NC1CC1)C(c1ccc(F)cc1)N1CCN(C(=O)Cc2ccc(Cl)cc2)CC1. The van der Waals surface area contributed by atoms with Crippen LogP contribution in [0.1, 0.15) is 30.0 Å². The first-order valence-corrected chi connectivity index (χ1v) is 10.7. The zero-order chi connectivity index (χ0) is 21.1. The number of nitrogens with zero attached hydrogens (tertiary/aromatic N) is 2. The second kappa shape index (κ2) is 9.14. The number of rotatable bonds is 6. The van der Waals surface area contributed by atoms with Gasteiger partial charge in [0, 0.05) is 37.2 Å². The molecule has 30 heavy (non-hydrogen) atoms. The lowest BCUT2D eigenvalue weighted by molar-refractivity contribution is -0.134. The Balaban J connectivity index is 1.40. The molecular formula is C23H25ClFN3O2. The lowest BCUT2D eigenvalue weighted by Gasteiger charge is -2.39. The summed E-state index contributed by atoms with van der Waals surface area (Å²) in [5.74, 6) is -0.305. The number of nitrogens with one attached hydrogen (secondary N) is 1. The molecule has 0 bridgehead atoms. The summed E-state index contributed by atoms with van der Waals surface area (Å²) in [5, 5.41) is 3.72. The van der Waals surface area contributed by atoms with Gasteiger partial charge in [-0.3, -0.25) is 14.5 Å². The Morgan fingerprint density at radius 2 is 1.63 bits per heavy atom. The van der Waals surface area contributed by atoms with Gasteiger partial charge in [-0.2, -0.15) is 0 Å². The maximum Gasteiger partial charge on any atom is 0.242 e. The minimum atomic E-state index is -0.472. The van der Waals surface area contributed by atoms with E-state index in [0.717, 1.165) is 24.0 Å². The first-order valence-electron chi connectivity index (χ1n) is 10.3. The first-order chi connectivity index (χ1) is 14.5. The highest BCUT2D eigenvalue weighted by atomic mass is 35.5. The molecule has 1 N–H and O–H groups in total. The minimum absolute atomic E-state index is 0.0509. The predicted octanol–water partition coefficient (Wildman–Crippen LogP) is 3.19. The summed E-state index contributed by atoms with van der Waals surface area (Å²) in [7, 11) is 0. The standard InChI is InChI=1S/C23H25ClFN3O2/c24-18-5-1-16(2-6-18)15-21(29)27-11-13-28(14-12-27)22(23(30)26-20-9-10-20)17-3-7-19(25)8-4-17/h1-8,20,22H,9-15H2,(H,26,30). The monoisotopic (exact) mass is 429 g/mol. The summed E-state index contributed by atoms with van der Waals surface area (Å²) < 4.78 is 13.4. The molecule has 1 saturated carbocycles. The van der Waals surface area contributed by atoms with E-state index in [1.807, 2.05) is 17.0 Å². The quantitative estimate of drug-likeness (QED) is 0.767. The van der Waals surface area contributed by atoms with Gasteiger partial charge in [0.05, 0.1) is 6.42 Å². The fraction of sp³-hybridized carbons (Fsp3) is 0.391. The topological polar surface area (TPSA) is 52.7 Å². The van der Waals surface area contributed by atoms with Crippen LogP contribution in [0.4, 0.5) is 4.39 Å². The van der Waals surface area contributed by atoms with E-state index in [0.29, 0.717) is 37.6 Å². The van der Waals surface area contributed by atoms with Crippen LogP contribution in [-0.2, 0) is 16.0 Å². The van der Waals surface area contributed by atoms with Gasteiger partial charge in [0.15, 0.2) is 0 Å². The van der Waals surface area contributed by atoms with Gasteiger partial charge >= 0.3 is 0 Å². The molecule has 2 amide bonds. The Hall–Kier alpha value is -2.44. The molecule has 1 saturated heterocycles. The average molecular weight is 430 g/mol. The maximum absolute atomic E-state index is 13.4. The van der Waals surface area contributed by atoms with Crippen LogP contribution in [0.2, 0.25) is 5.02 Å². The normalized spacial score (nSPS) is 18.1. The molecule has 1 atom stereocenters.